The van der Waals surface area contributed by atoms with E-state index >= 15 is 0 Å². The molecule has 4 saturated carbocycles. The summed E-state index contributed by atoms with van der Waals surface area (Å²) < 4.78 is 0. The van der Waals surface area contributed by atoms with E-state index in [0.717, 1.165) is 60.0 Å². The van der Waals surface area contributed by atoms with Gasteiger partial charge in [-0.25, -0.2) is 0 Å². The quantitative estimate of drug-likeness (QED) is 0.398. The molecule has 1 heteroatoms. The van der Waals surface area contributed by atoms with Crippen LogP contribution in [-0.4, -0.2) is 5.71 Å². The number of rotatable bonds is 6. The maximum atomic E-state index is 9.14. The Balaban J connectivity index is 1.28. The fourth-order valence-corrected chi connectivity index (χ4v) is 10.2. The number of benzene rings is 1. The Morgan fingerprint density at radius 2 is 1.80 bits per heavy atom. The smallest absolute Gasteiger partial charge is 0.0391 e. The topological polar surface area (TPSA) is 23.9 Å². The molecule has 192 valence electrons. The summed E-state index contributed by atoms with van der Waals surface area (Å²) >= 11 is 0. The molecule has 0 heterocycles. The zero-order valence-corrected chi connectivity index (χ0v) is 23.3. The van der Waals surface area contributed by atoms with E-state index in [1.165, 1.54) is 74.5 Å². The van der Waals surface area contributed by atoms with Gasteiger partial charge in [-0.05, 0) is 141 Å². The molecule has 1 aromatic carbocycles. The first-order valence-corrected chi connectivity index (χ1v) is 15.2. The molecule has 0 bridgehead atoms. The van der Waals surface area contributed by atoms with E-state index in [1.54, 1.807) is 0 Å². The van der Waals surface area contributed by atoms with Gasteiger partial charge in [-0.3, -0.25) is 0 Å². The van der Waals surface area contributed by atoms with Crippen molar-refractivity contribution in [3.05, 3.63) is 41.5 Å². The average molecular weight is 474 g/mol. The second-order valence-corrected chi connectivity index (χ2v) is 13.5. The molecule has 1 N–H and O–H groups in total. The fraction of sp³-hybridized carbons (Fsp3) is 0.735. The highest BCUT2D eigenvalue weighted by atomic mass is 14.6. The molecule has 0 aliphatic heterocycles. The summed E-state index contributed by atoms with van der Waals surface area (Å²) in [6.07, 6.45) is 17.5. The Bertz CT molecular complexity index is 942. The van der Waals surface area contributed by atoms with Crippen LogP contribution in [0.5, 0.6) is 0 Å². The van der Waals surface area contributed by atoms with Gasteiger partial charge in [0.15, 0.2) is 0 Å². The van der Waals surface area contributed by atoms with Crippen LogP contribution >= 0.6 is 0 Å². The van der Waals surface area contributed by atoms with E-state index in [0.29, 0.717) is 11.3 Å². The molecule has 5 rings (SSSR count). The molecule has 4 aliphatic rings. The highest BCUT2D eigenvalue weighted by Gasteiger charge is 2.57. The summed E-state index contributed by atoms with van der Waals surface area (Å²) in [4.78, 5) is 0. The van der Waals surface area contributed by atoms with Crippen LogP contribution in [0.4, 0.5) is 0 Å². The summed E-state index contributed by atoms with van der Waals surface area (Å²) in [6, 6.07) is 8.73. The lowest BCUT2D eigenvalue weighted by Gasteiger charge is -2.56. The van der Waals surface area contributed by atoms with Crippen molar-refractivity contribution in [1.29, 1.82) is 5.41 Å². The maximum Gasteiger partial charge on any atom is 0.0391 e. The Labute approximate surface area is 216 Å². The van der Waals surface area contributed by atoms with Gasteiger partial charge >= 0.3 is 0 Å². The molecule has 0 unspecified atom stereocenters. The normalized spacial score (nSPS) is 39.9. The lowest BCUT2D eigenvalue weighted by atomic mass is 9.48. The third kappa shape index (κ3) is 4.48. The summed E-state index contributed by atoms with van der Waals surface area (Å²) in [5, 5.41) is 9.14. The average Bonchev–Trinajstić information content (AvgIpc) is 3.21. The van der Waals surface area contributed by atoms with Gasteiger partial charge in [0.2, 0.25) is 0 Å². The molecule has 4 fully saturated rings. The Hall–Kier alpha value is -1.37. The maximum absolute atomic E-state index is 9.14. The number of hydrogen-bond donors (Lipinski definition) is 1. The van der Waals surface area contributed by atoms with E-state index < -0.39 is 0 Å². The highest BCUT2D eigenvalue weighted by molar-refractivity contribution is 6.22. The van der Waals surface area contributed by atoms with Crippen LogP contribution < -0.4 is 0 Å². The zero-order valence-electron chi connectivity index (χ0n) is 23.3. The molecule has 4 aliphatic carbocycles. The SMILES string of the molecule is C/C=C(/C(=N)C[C@@H](C)[C@H]1CC[C@H]2[C@@H]3CC[C@@H]4C[C@@H](C)CC[C@@H]4[C@H]3CC[C@]12C)c1ccccc1CC. The van der Waals surface area contributed by atoms with Crippen molar-refractivity contribution in [2.45, 2.75) is 105 Å². The van der Waals surface area contributed by atoms with E-state index in [2.05, 4.69) is 65.0 Å². The van der Waals surface area contributed by atoms with Crippen LogP contribution in [0.3, 0.4) is 0 Å². The van der Waals surface area contributed by atoms with Crippen molar-refractivity contribution >= 4 is 11.3 Å². The number of allylic oxidation sites excluding steroid dienone is 2. The van der Waals surface area contributed by atoms with Gasteiger partial charge in [0.1, 0.15) is 0 Å². The molecular weight excluding hydrogens is 422 g/mol. The van der Waals surface area contributed by atoms with Crippen molar-refractivity contribution in [1.82, 2.24) is 0 Å². The monoisotopic (exact) mass is 473 g/mol. The van der Waals surface area contributed by atoms with Crippen molar-refractivity contribution in [2.24, 2.45) is 52.8 Å². The molecular formula is C34H51N. The fourth-order valence-electron chi connectivity index (χ4n) is 10.2. The largest absolute Gasteiger partial charge is 0.305 e. The third-order valence-corrected chi connectivity index (χ3v) is 11.8. The third-order valence-electron chi connectivity index (χ3n) is 11.8. The molecule has 0 radical (unpaired) electrons. The first kappa shape index (κ1) is 25.3. The van der Waals surface area contributed by atoms with Crippen LogP contribution in [0.25, 0.3) is 5.57 Å². The van der Waals surface area contributed by atoms with Crippen LogP contribution in [-0.2, 0) is 6.42 Å². The molecule has 0 spiro atoms. The summed E-state index contributed by atoms with van der Waals surface area (Å²) in [5.74, 6) is 7.45. The predicted octanol–water partition coefficient (Wildman–Crippen LogP) is 9.60. The summed E-state index contributed by atoms with van der Waals surface area (Å²) in [6.45, 7) is 12.0. The Morgan fingerprint density at radius 3 is 2.57 bits per heavy atom. The van der Waals surface area contributed by atoms with Crippen LogP contribution in [0.1, 0.15) is 110 Å². The molecule has 9 atom stereocenters. The standard InChI is InChI=1S/C34H51N/c1-6-24-10-8-9-11-27(24)26(7-2)33(35)21-23(4)31-16-17-32-30-15-13-25-20-22(3)12-14-28(25)29(30)18-19-34(31,32)5/h7-11,22-23,25,28-32,35H,6,12-21H2,1-5H3/b26-7+,35-33?/t22-,23+,25+,28-,29+,30+,31+,32-,34+/m0/s1. The van der Waals surface area contributed by atoms with Gasteiger partial charge in [0, 0.05) is 5.71 Å². The first-order valence-electron chi connectivity index (χ1n) is 15.2. The summed E-state index contributed by atoms with van der Waals surface area (Å²) in [5.41, 5.74) is 5.19. The lowest BCUT2D eigenvalue weighted by molar-refractivity contribution is -0.0724. The predicted molar refractivity (Wildman–Crippen MR) is 151 cm³/mol. The summed E-state index contributed by atoms with van der Waals surface area (Å²) in [7, 11) is 0. The van der Waals surface area contributed by atoms with E-state index in [1.807, 2.05) is 0 Å². The number of hydrogen-bond acceptors (Lipinski definition) is 1. The van der Waals surface area contributed by atoms with E-state index in [-0.39, 0.29) is 0 Å². The number of nitrogens with one attached hydrogen (secondary N) is 1. The number of fused-ring (bicyclic) bond motifs is 5. The Kier molecular flexibility index (Phi) is 7.35. The Morgan fingerprint density at radius 1 is 1.03 bits per heavy atom. The van der Waals surface area contributed by atoms with Crippen LogP contribution in [0.15, 0.2) is 30.3 Å². The van der Waals surface area contributed by atoms with E-state index in [4.69, 9.17) is 5.41 Å². The van der Waals surface area contributed by atoms with Crippen molar-refractivity contribution < 1.29 is 0 Å². The molecule has 0 saturated heterocycles. The molecule has 35 heavy (non-hydrogen) atoms. The van der Waals surface area contributed by atoms with Crippen molar-refractivity contribution in [3.63, 3.8) is 0 Å². The second kappa shape index (κ2) is 10.2. The zero-order chi connectivity index (χ0) is 24.7. The van der Waals surface area contributed by atoms with Gasteiger partial charge in [0.05, 0.1) is 0 Å². The highest BCUT2D eigenvalue weighted by Crippen LogP contribution is 2.65. The van der Waals surface area contributed by atoms with Crippen molar-refractivity contribution in [2.75, 3.05) is 0 Å². The minimum absolute atomic E-state index is 0.507. The van der Waals surface area contributed by atoms with Crippen LogP contribution in [0.2, 0.25) is 0 Å². The minimum Gasteiger partial charge on any atom is -0.305 e. The molecule has 0 aromatic heterocycles. The van der Waals surface area contributed by atoms with Crippen molar-refractivity contribution in [3.8, 4) is 0 Å². The van der Waals surface area contributed by atoms with Gasteiger partial charge in [-0.2, -0.15) is 0 Å². The van der Waals surface area contributed by atoms with Gasteiger partial charge < -0.3 is 5.41 Å². The van der Waals surface area contributed by atoms with Crippen LogP contribution in [0, 0.1) is 58.2 Å². The molecule has 1 aromatic rings. The lowest BCUT2D eigenvalue weighted by Crippen LogP contribution is -2.49. The van der Waals surface area contributed by atoms with Gasteiger partial charge in [-0.1, -0.05) is 64.5 Å². The minimum atomic E-state index is 0.507. The second-order valence-electron chi connectivity index (χ2n) is 13.5. The number of aryl methyl sites for hydroxylation is 1. The molecule has 1 nitrogen and oxygen atoms in total. The van der Waals surface area contributed by atoms with Gasteiger partial charge in [0.25, 0.3) is 0 Å². The molecule has 0 amide bonds. The van der Waals surface area contributed by atoms with Gasteiger partial charge in [-0.15, -0.1) is 0 Å². The van der Waals surface area contributed by atoms with E-state index in [9.17, 15) is 0 Å². The first-order chi connectivity index (χ1) is 16.9.